The number of benzene rings is 1. The van der Waals surface area contributed by atoms with Crippen LogP contribution in [-0.2, 0) is 4.79 Å². The zero-order valence-corrected chi connectivity index (χ0v) is 9.68. The number of carbonyl (C=O) groups is 1. The molecule has 0 amide bonds. The lowest BCUT2D eigenvalue weighted by Gasteiger charge is -2.12. The smallest absolute Gasteiger partial charge is 0.311 e. The van der Waals surface area contributed by atoms with Gasteiger partial charge in [0.15, 0.2) is 0 Å². The molecule has 3 nitrogen and oxygen atoms in total. The van der Waals surface area contributed by atoms with Crippen molar-refractivity contribution < 1.29 is 15.0 Å². The molecule has 0 saturated heterocycles. The molecule has 0 aliphatic carbocycles. The summed E-state index contributed by atoms with van der Waals surface area (Å²) in [5.41, 5.74) is 1.95. The molecule has 0 heterocycles. The SMILES string of the molecule is CC(C)c1ccc(C(CCO)C(=O)O)cc1. The van der Waals surface area contributed by atoms with Crippen LogP contribution in [0.1, 0.15) is 43.2 Å². The Balaban J connectivity index is 2.89. The first-order chi connectivity index (χ1) is 7.56. The van der Waals surface area contributed by atoms with E-state index < -0.39 is 11.9 Å². The Morgan fingerprint density at radius 1 is 1.19 bits per heavy atom. The van der Waals surface area contributed by atoms with Gasteiger partial charge in [-0.05, 0) is 23.5 Å². The van der Waals surface area contributed by atoms with Crippen LogP contribution in [0.25, 0.3) is 0 Å². The molecular weight excluding hydrogens is 204 g/mol. The summed E-state index contributed by atoms with van der Waals surface area (Å²) in [6, 6.07) is 7.58. The number of aliphatic hydroxyl groups excluding tert-OH is 1. The van der Waals surface area contributed by atoms with E-state index >= 15 is 0 Å². The first-order valence-corrected chi connectivity index (χ1v) is 5.49. The summed E-state index contributed by atoms with van der Waals surface area (Å²) >= 11 is 0. The molecule has 0 radical (unpaired) electrons. The number of carboxylic acids is 1. The van der Waals surface area contributed by atoms with Crippen LogP contribution in [0.4, 0.5) is 0 Å². The van der Waals surface area contributed by atoms with E-state index in [0.717, 1.165) is 5.56 Å². The van der Waals surface area contributed by atoms with Crippen LogP contribution in [0.3, 0.4) is 0 Å². The van der Waals surface area contributed by atoms with Crippen LogP contribution in [0.15, 0.2) is 24.3 Å². The lowest BCUT2D eigenvalue weighted by Crippen LogP contribution is -2.13. The minimum Gasteiger partial charge on any atom is -0.481 e. The van der Waals surface area contributed by atoms with Crippen LogP contribution in [0, 0.1) is 0 Å². The van der Waals surface area contributed by atoms with E-state index in [9.17, 15) is 4.79 Å². The van der Waals surface area contributed by atoms with Crippen molar-refractivity contribution in [3.8, 4) is 0 Å². The topological polar surface area (TPSA) is 57.5 Å². The predicted octanol–water partition coefficient (Wildman–Crippen LogP) is 2.36. The van der Waals surface area contributed by atoms with Gasteiger partial charge >= 0.3 is 5.97 Å². The van der Waals surface area contributed by atoms with Crippen molar-refractivity contribution in [1.29, 1.82) is 0 Å². The van der Waals surface area contributed by atoms with Crippen molar-refractivity contribution in [2.75, 3.05) is 6.61 Å². The van der Waals surface area contributed by atoms with E-state index in [1.54, 1.807) is 0 Å². The third kappa shape index (κ3) is 3.07. The maximum Gasteiger partial charge on any atom is 0.311 e. The highest BCUT2D eigenvalue weighted by atomic mass is 16.4. The van der Waals surface area contributed by atoms with E-state index in [1.165, 1.54) is 5.56 Å². The highest BCUT2D eigenvalue weighted by molar-refractivity contribution is 5.76. The van der Waals surface area contributed by atoms with E-state index in [4.69, 9.17) is 10.2 Å². The van der Waals surface area contributed by atoms with Gasteiger partial charge in [0.1, 0.15) is 0 Å². The zero-order valence-electron chi connectivity index (χ0n) is 9.68. The molecule has 1 rings (SSSR count). The number of hydrogen-bond donors (Lipinski definition) is 2. The molecule has 0 aliphatic rings. The van der Waals surface area contributed by atoms with Gasteiger partial charge < -0.3 is 10.2 Å². The number of rotatable bonds is 5. The number of aliphatic hydroxyl groups is 1. The van der Waals surface area contributed by atoms with Crippen molar-refractivity contribution in [2.45, 2.75) is 32.1 Å². The largest absolute Gasteiger partial charge is 0.481 e. The van der Waals surface area contributed by atoms with E-state index in [1.807, 2.05) is 24.3 Å². The third-order valence-electron chi connectivity index (χ3n) is 2.72. The molecule has 1 unspecified atom stereocenters. The quantitative estimate of drug-likeness (QED) is 0.804. The summed E-state index contributed by atoms with van der Waals surface area (Å²) in [6.45, 7) is 4.08. The molecule has 1 aromatic rings. The van der Waals surface area contributed by atoms with Gasteiger partial charge in [-0.2, -0.15) is 0 Å². The molecule has 1 aromatic carbocycles. The molecule has 88 valence electrons. The van der Waals surface area contributed by atoms with Gasteiger partial charge in [0.05, 0.1) is 5.92 Å². The van der Waals surface area contributed by atoms with Gasteiger partial charge in [0, 0.05) is 6.61 Å². The fourth-order valence-corrected chi connectivity index (χ4v) is 1.68. The molecule has 1 atom stereocenters. The van der Waals surface area contributed by atoms with Crippen LogP contribution >= 0.6 is 0 Å². The summed E-state index contributed by atoms with van der Waals surface area (Å²) in [4.78, 5) is 11.0. The second-order valence-electron chi connectivity index (χ2n) is 4.22. The van der Waals surface area contributed by atoms with Crippen molar-refractivity contribution >= 4 is 5.97 Å². The number of aliphatic carboxylic acids is 1. The van der Waals surface area contributed by atoms with Crippen LogP contribution in [0.2, 0.25) is 0 Å². The molecule has 0 fully saturated rings. The second-order valence-corrected chi connectivity index (χ2v) is 4.22. The van der Waals surface area contributed by atoms with Crippen molar-refractivity contribution in [1.82, 2.24) is 0 Å². The molecule has 0 bridgehead atoms. The van der Waals surface area contributed by atoms with Crippen molar-refractivity contribution in [2.24, 2.45) is 0 Å². The minimum atomic E-state index is -0.883. The molecular formula is C13H18O3. The van der Waals surface area contributed by atoms with Gasteiger partial charge in [-0.1, -0.05) is 38.1 Å². The molecule has 0 saturated carbocycles. The maximum atomic E-state index is 11.0. The van der Waals surface area contributed by atoms with Crippen molar-refractivity contribution in [3.05, 3.63) is 35.4 Å². The lowest BCUT2D eigenvalue weighted by atomic mass is 9.93. The zero-order chi connectivity index (χ0) is 12.1. The monoisotopic (exact) mass is 222 g/mol. The first kappa shape index (κ1) is 12.7. The standard InChI is InChI=1S/C13H18O3/c1-9(2)10-3-5-11(6-4-10)12(7-8-14)13(15)16/h3-6,9,12,14H,7-8H2,1-2H3,(H,15,16). The average molecular weight is 222 g/mol. The average Bonchev–Trinajstić information content (AvgIpc) is 2.25. The second kappa shape index (κ2) is 5.66. The predicted molar refractivity (Wildman–Crippen MR) is 62.6 cm³/mol. The van der Waals surface area contributed by atoms with E-state index in [0.29, 0.717) is 5.92 Å². The normalized spacial score (nSPS) is 12.8. The Morgan fingerprint density at radius 2 is 1.69 bits per heavy atom. The Hall–Kier alpha value is -1.35. The lowest BCUT2D eigenvalue weighted by molar-refractivity contribution is -0.139. The summed E-state index contributed by atoms with van der Waals surface area (Å²) in [6.07, 6.45) is 0.260. The molecule has 0 aliphatic heterocycles. The Morgan fingerprint density at radius 3 is 2.06 bits per heavy atom. The van der Waals surface area contributed by atoms with Crippen LogP contribution in [0.5, 0.6) is 0 Å². The third-order valence-corrected chi connectivity index (χ3v) is 2.72. The Kier molecular flexibility index (Phi) is 4.50. The maximum absolute atomic E-state index is 11.0. The fourth-order valence-electron chi connectivity index (χ4n) is 1.68. The highest BCUT2D eigenvalue weighted by Crippen LogP contribution is 2.22. The minimum absolute atomic E-state index is 0.108. The Labute approximate surface area is 95.7 Å². The molecule has 2 N–H and O–H groups in total. The summed E-state index contributed by atoms with van der Waals surface area (Å²) in [5.74, 6) is -1.05. The first-order valence-electron chi connectivity index (χ1n) is 5.49. The number of carboxylic acid groups (broad SMARTS) is 1. The van der Waals surface area contributed by atoms with Gasteiger partial charge in [0.2, 0.25) is 0 Å². The van der Waals surface area contributed by atoms with Gasteiger partial charge in [-0.15, -0.1) is 0 Å². The molecule has 3 heteroatoms. The highest BCUT2D eigenvalue weighted by Gasteiger charge is 2.18. The van der Waals surface area contributed by atoms with Gasteiger partial charge in [0.25, 0.3) is 0 Å². The molecule has 0 aromatic heterocycles. The van der Waals surface area contributed by atoms with Crippen LogP contribution < -0.4 is 0 Å². The van der Waals surface area contributed by atoms with Crippen LogP contribution in [-0.4, -0.2) is 22.8 Å². The van der Waals surface area contributed by atoms with Crippen molar-refractivity contribution in [3.63, 3.8) is 0 Å². The number of hydrogen-bond acceptors (Lipinski definition) is 2. The summed E-state index contributed by atoms with van der Waals surface area (Å²) in [5, 5.41) is 17.9. The Bertz CT molecular complexity index is 341. The van der Waals surface area contributed by atoms with E-state index in [-0.39, 0.29) is 13.0 Å². The molecule has 16 heavy (non-hydrogen) atoms. The van der Waals surface area contributed by atoms with Gasteiger partial charge in [-0.25, -0.2) is 0 Å². The fraction of sp³-hybridized carbons (Fsp3) is 0.462. The summed E-state index contributed by atoms with van der Waals surface area (Å²) < 4.78 is 0. The summed E-state index contributed by atoms with van der Waals surface area (Å²) in [7, 11) is 0. The van der Waals surface area contributed by atoms with Gasteiger partial charge in [-0.3, -0.25) is 4.79 Å². The molecule has 0 spiro atoms. The van der Waals surface area contributed by atoms with E-state index in [2.05, 4.69) is 13.8 Å².